The molecule has 24 heavy (non-hydrogen) atoms. The highest BCUT2D eigenvalue weighted by Gasteiger charge is 2.31. The van der Waals surface area contributed by atoms with Gasteiger partial charge in [-0.1, -0.05) is 26.0 Å². The number of hydrogen-bond acceptors (Lipinski definition) is 3. The van der Waals surface area contributed by atoms with E-state index in [4.69, 9.17) is 4.74 Å². The SMILES string of the molecule is CC(C)c1cccc(F)c1C[C@@H](C(=O)O)N(C)C(=O)OC(C)(C)C. The smallest absolute Gasteiger partial charge is 0.410 e. The Morgan fingerprint density at radius 2 is 1.88 bits per heavy atom. The molecule has 1 N–H and O–H groups in total. The summed E-state index contributed by atoms with van der Waals surface area (Å²) >= 11 is 0. The first-order chi connectivity index (χ1) is 10.9. The van der Waals surface area contributed by atoms with E-state index in [2.05, 4.69) is 0 Å². The van der Waals surface area contributed by atoms with Gasteiger partial charge >= 0.3 is 12.1 Å². The number of benzene rings is 1. The van der Waals surface area contributed by atoms with Gasteiger partial charge in [0.1, 0.15) is 17.5 Å². The van der Waals surface area contributed by atoms with Crippen LogP contribution in [0.15, 0.2) is 18.2 Å². The van der Waals surface area contributed by atoms with Crippen LogP contribution in [-0.2, 0) is 16.0 Å². The summed E-state index contributed by atoms with van der Waals surface area (Å²) in [6.45, 7) is 8.91. The summed E-state index contributed by atoms with van der Waals surface area (Å²) in [5.41, 5.74) is 0.310. The highest BCUT2D eigenvalue weighted by Crippen LogP contribution is 2.24. The Balaban J connectivity index is 3.12. The van der Waals surface area contributed by atoms with Crippen LogP contribution in [0.3, 0.4) is 0 Å². The molecular formula is C18H26FNO4. The molecule has 134 valence electrons. The molecule has 1 aromatic rings. The molecule has 1 aromatic carbocycles. The van der Waals surface area contributed by atoms with Gasteiger partial charge < -0.3 is 9.84 Å². The van der Waals surface area contributed by atoms with Gasteiger partial charge in [-0.2, -0.15) is 0 Å². The van der Waals surface area contributed by atoms with Crippen molar-refractivity contribution in [3.05, 3.63) is 35.1 Å². The number of carbonyl (C=O) groups excluding carboxylic acids is 1. The van der Waals surface area contributed by atoms with E-state index in [-0.39, 0.29) is 12.3 Å². The van der Waals surface area contributed by atoms with Crippen LogP contribution >= 0.6 is 0 Å². The van der Waals surface area contributed by atoms with E-state index in [1.807, 2.05) is 13.8 Å². The van der Waals surface area contributed by atoms with Crippen molar-refractivity contribution in [2.24, 2.45) is 0 Å². The van der Waals surface area contributed by atoms with Crippen LogP contribution in [0.1, 0.15) is 51.7 Å². The number of aliphatic carboxylic acids is 1. The molecule has 0 unspecified atom stereocenters. The average Bonchev–Trinajstić information content (AvgIpc) is 2.42. The number of carboxylic acids is 1. The van der Waals surface area contributed by atoms with Crippen molar-refractivity contribution in [3.63, 3.8) is 0 Å². The van der Waals surface area contributed by atoms with Crippen LogP contribution in [0, 0.1) is 5.82 Å². The number of hydrogen-bond donors (Lipinski definition) is 1. The number of carboxylic acid groups (broad SMARTS) is 1. The molecule has 0 aromatic heterocycles. The third kappa shape index (κ3) is 5.22. The Labute approximate surface area is 142 Å². The van der Waals surface area contributed by atoms with E-state index in [0.29, 0.717) is 5.56 Å². The molecule has 0 spiro atoms. The van der Waals surface area contributed by atoms with Crippen molar-refractivity contribution < 1.29 is 23.8 Å². The van der Waals surface area contributed by atoms with Crippen molar-refractivity contribution >= 4 is 12.1 Å². The maximum absolute atomic E-state index is 14.2. The molecule has 0 fully saturated rings. The number of ether oxygens (including phenoxy) is 1. The van der Waals surface area contributed by atoms with Crippen molar-refractivity contribution in [2.75, 3.05) is 7.05 Å². The number of carbonyl (C=O) groups is 2. The lowest BCUT2D eigenvalue weighted by molar-refractivity contribution is -0.142. The molecule has 5 nitrogen and oxygen atoms in total. The fourth-order valence-corrected chi connectivity index (χ4v) is 2.38. The predicted octanol–water partition coefficient (Wildman–Crippen LogP) is 3.81. The van der Waals surface area contributed by atoms with E-state index >= 15 is 0 Å². The summed E-state index contributed by atoms with van der Waals surface area (Å²) < 4.78 is 19.4. The largest absolute Gasteiger partial charge is 0.480 e. The molecule has 1 rings (SSSR count). The van der Waals surface area contributed by atoms with Crippen LogP contribution in [0.25, 0.3) is 0 Å². The summed E-state index contributed by atoms with van der Waals surface area (Å²) in [6.07, 6.45) is -0.872. The van der Waals surface area contributed by atoms with Gasteiger partial charge in [0.2, 0.25) is 0 Å². The van der Waals surface area contributed by atoms with Crippen LogP contribution in [0.2, 0.25) is 0 Å². The molecule has 0 aliphatic carbocycles. The number of amides is 1. The topological polar surface area (TPSA) is 66.8 Å². The van der Waals surface area contributed by atoms with E-state index in [9.17, 15) is 19.1 Å². The fourth-order valence-electron chi connectivity index (χ4n) is 2.38. The molecule has 0 aliphatic rings. The third-order valence-electron chi connectivity index (χ3n) is 3.61. The van der Waals surface area contributed by atoms with Gasteiger partial charge in [0.25, 0.3) is 0 Å². The first-order valence-corrected chi connectivity index (χ1v) is 7.90. The average molecular weight is 339 g/mol. The molecular weight excluding hydrogens is 313 g/mol. The minimum absolute atomic E-state index is 0.0389. The molecule has 0 heterocycles. The van der Waals surface area contributed by atoms with Crippen LogP contribution in [0.4, 0.5) is 9.18 Å². The van der Waals surface area contributed by atoms with Gasteiger partial charge in [0.15, 0.2) is 0 Å². The fraction of sp³-hybridized carbons (Fsp3) is 0.556. The minimum Gasteiger partial charge on any atom is -0.480 e. The van der Waals surface area contributed by atoms with Gasteiger partial charge in [-0.3, -0.25) is 4.90 Å². The zero-order valence-electron chi connectivity index (χ0n) is 15.1. The van der Waals surface area contributed by atoms with Crippen LogP contribution in [-0.4, -0.2) is 40.8 Å². The number of nitrogens with zero attached hydrogens (tertiary/aromatic N) is 1. The Morgan fingerprint density at radius 3 is 2.33 bits per heavy atom. The van der Waals surface area contributed by atoms with Gasteiger partial charge in [0.05, 0.1) is 0 Å². The molecule has 6 heteroatoms. The van der Waals surface area contributed by atoms with E-state index in [0.717, 1.165) is 10.5 Å². The normalized spacial score (nSPS) is 12.8. The summed E-state index contributed by atoms with van der Waals surface area (Å²) in [5, 5.41) is 9.50. The number of rotatable bonds is 5. The molecule has 0 bridgehead atoms. The summed E-state index contributed by atoms with van der Waals surface area (Å²) in [6, 6.07) is 3.46. The number of likely N-dealkylation sites (N-methyl/N-ethyl adjacent to an activating group) is 1. The first-order valence-electron chi connectivity index (χ1n) is 7.90. The highest BCUT2D eigenvalue weighted by molar-refractivity contribution is 5.80. The zero-order chi connectivity index (χ0) is 18.7. The summed E-state index contributed by atoms with van der Waals surface area (Å²) in [5.74, 6) is -1.64. The molecule has 0 aliphatic heterocycles. The Hall–Kier alpha value is -2.11. The Bertz CT molecular complexity index is 608. The standard InChI is InChI=1S/C18H26FNO4/c1-11(2)12-8-7-9-14(19)13(12)10-15(16(21)22)20(6)17(23)24-18(3,4)5/h7-9,11,15H,10H2,1-6H3,(H,21,22)/t15-/m0/s1. The van der Waals surface area contributed by atoms with Crippen molar-refractivity contribution in [2.45, 2.75) is 58.6 Å². The molecule has 1 atom stereocenters. The summed E-state index contributed by atoms with van der Waals surface area (Å²) in [7, 11) is 1.35. The second-order valence-electron chi connectivity index (χ2n) is 7.11. The summed E-state index contributed by atoms with van der Waals surface area (Å²) in [4.78, 5) is 24.8. The third-order valence-corrected chi connectivity index (χ3v) is 3.61. The minimum atomic E-state index is -1.21. The first kappa shape index (κ1) is 19.9. The Kier molecular flexibility index (Phi) is 6.35. The van der Waals surface area contributed by atoms with Gasteiger partial charge in [0, 0.05) is 13.5 Å². The Morgan fingerprint density at radius 1 is 1.29 bits per heavy atom. The van der Waals surface area contributed by atoms with Crippen LogP contribution in [0.5, 0.6) is 0 Å². The second kappa shape index (κ2) is 7.64. The monoisotopic (exact) mass is 339 g/mol. The lowest BCUT2D eigenvalue weighted by atomic mass is 9.92. The molecule has 0 saturated heterocycles. The van der Waals surface area contributed by atoms with Crippen molar-refractivity contribution in [1.29, 1.82) is 0 Å². The highest BCUT2D eigenvalue weighted by atomic mass is 19.1. The lowest BCUT2D eigenvalue weighted by Crippen LogP contribution is -2.46. The predicted molar refractivity (Wildman–Crippen MR) is 89.6 cm³/mol. The van der Waals surface area contributed by atoms with E-state index < -0.39 is 29.5 Å². The van der Waals surface area contributed by atoms with Gasteiger partial charge in [-0.15, -0.1) is 0 Å². The maximum atomic E-state index is 14.2. The van der Waals surface area contributed by atoms with Gasteiger partial charge in [-0.05, 0) is 43.9 Å². The quantitative estimate of drug-likeness (QED) is 0.886. The van der Waals surface area contributed by atoms with Crippen molar-refractivity contribution in [1.82, 2.24) is 4.90 Å². The number of halogens is 1. The molecule has 1 amide bonds. The zero-order valence-corrected chi connectivity index (χ0v) is 15.1. The van der Waals surface area contributed by atoms with E-state index in [1.54, 1.807) is 32.9 Å². The second-order valence-corrected chi connectivity index (χ2v) is 7.11. The maximum Gasteiger partial charge on any atom is 0.410 e. The van der Waals surface area contributed by atoms with E-state index in [1.165, 1.54) is 13.1 Å². The molecule has 0 radical (unpaired) electrons. The lowest BCUT2D eigenvalue weighted by Gasteiger charge is -2.29. The molecule has 0 saturated carbocycles. The van der Waals surface area contributed by atoms with Crippen molar-refractivity contribution in [3.8, 4) is 0 Å². The van der Waals surface area contributed by atoms with Gasteiger partial charge in [-0.25, -0.2) is 14.0 Å². The van der Waals surface area contributed by atoms with Crippen LogP contribution < -0.4 is 0 Å².